The fourth-order valence-electron chi connectivity index (χ4n) is 4.76. The quantitative estimate of drug-likeness (QED) is 0.482. The Morgan fingerprint density at radius 2 is 2.06 bits per heavy atom. The van der Waals surface area contributed by atoms with Crippen molar-refractivity contribution in [3.8, 4) is 6.07 Å². The zero-order chi connectivity index (χ0) is 23.7. The molecule has 0 radical (unpaired) electrons. The molecule has 1 atom stereocenters. The first kappa shape index (κ1) is 24.0. The van der Waals surface area contributed by atoms with Gasteiger partial charge in [-0.05, 0) is 38.3 Å². The third-order valence-electron chi connectivity index (χ3n) is 6.80. The molecule has 1 N–H and O–H groups in total. The molecule has 0 bridgehead atoms. The molecule has 3 aliphatic rings. The molecule has 10 heteroatoms. The summed E-state index contributed by atoms with van der Waals surface area (Å²) in [6, 6.07) is 2.06. The summed E-state index contributed by atoms with van der Waals surface area (Å²) in [7, 11) is 1.71. The Morgan fingerprint density at radius 1 is 1.33 bits per heavy atom. The smallest absolute Gasteiger partial charge is 0.270 e. The average Bonchev–Trinajstić information content (AvgIpc) is 3.42. The highest BCUT2D eigenvalue weighted by Crippen LogP contribution is 2.36. The number of hydrogen-bond acceptors (Lipinski definition) is 7. The van der Waals surface area contributed by atoms with E-state index in [-0.39, 0.29) is 23.1 Å². The van der Waals surface area contributed by atoms with E-state index in [1.807, 2.05) is 6.08 Å². The lowest BCUT2D eigenvalue weighted by molar-refractivity contribution is -0.898. The van der Waals surface area contributed by atoms with Gasteiger partial charge < -0.3 is 14.5 Å². The summed E-state index contributed by atoms with van der Waals surface area (Å²) in [4.78, 5) is 32.0. The Balaban J connectivity index is 1.73. The normalized spacial score (nSPS) is 23.1. The van der Waals surface area contributed by atoms with Gasteiger partial charge >= 0.3 is 0 Å². The highest BCUT2D eigenvalue weighted by molar-refractivity contribution is 8.26. The van der Waals surface area contributed by atoms with Crippen molar-refractivity contribution in [1.29, 1.82) is 5.26 Å². The van der Waals surface area contributed by atoms with Crippen LogP contribution in [0.4, 0.5) is 5.82 Å². The number of amides is 1. The number of anilines is 1. The van der Waals surface area contributed by atoms with Gasteiger partial charge in [0.1, 0.15) is 21.8 Å². The molecule has 0 unspecified atom stereocenters. The van der Waals surface area contributed by atoms with Crippen molar-refractivity contribution in [1.82, 2.24) is 9.47 Å². The fourth-order valence-corrected chi connectivity index (χ4v) is 6.02. The number of nitriles is 1. The number of thioether (sulfide) groups is 1. The second-order valence-electron chi connectivity index (χ2n) is 8.73. The summed E-state index contributed by atoms with van der Waals surface area (Å²) >= 11 is 6.78. The van der Waals surface area contributed by atoms with E-state index in [1.165, 1.54) is 16.7 Å². The molecule has 4 rings (SSSR count). The van der Waals surface area contributed by atoms with Gasteiger partial charge in [-0.2, -0.15) is 5.26 Å². The second kappa shape index (κ2) is 9.97. The maximum atomic E-state index is 13.2. The molecule has 3 fully saturated rings. The number of hydrogen-bond donors (Lipinski definition) is 1. The number of aromatic nitrogens is 1. The van der Waals surface area contributed by atoms with Crippen molar-refractivity contribution in [3.05, 3.63) is 31.9 Å². The third kappa shape index (κ3) is 4.60. The summed E-state index contributed by atoms with van der Waals surface area (Å²) in [5.41, 5.74) is 1.15. The molecule has 1 aromatic rings. The van der Waals surface area contributed by atoms with E-state index in [4.69, 9.17) is 17.0 Å². The summed E-state index contributed by atoms with van der Waals surface area (Å²) in [6.45, 7) is 9.79. The lowest BCUT2D eigenvalue weighted by Gasteiger charge is -2.35. The van der Waals surface area contributed by atoms with Gasteiger partial charge in [-0.3, -0.25) is 19.1 Å². The van der Waals surface area contributed by atoms with E-state index in [1.54, 1.807) is 23.4 Å². The van der Waals surface area contributed by atoms with E-state index in [9.17, 15) is 14.9 Å². The van der Waals surface area contributed by atoms with Crippen LogP contribution in [0.1, 0.15) is 36.5 Å². The maximum Gasteiger partial charge on any atom is 0.270 e. The van der Waals surface area contributed by atoms with Crippen LogP contribution in [0.3, 0.4) is 0 Å². The summed E-state index contributed by atoms with van der Waals surface area (Å²) in [5, 5.41) is 9.66. The van der Waals surface area contributed by atoms with E-state index in [0.29, 0.717) is 21.3 Å². The molecule has 0 saturated carbocycles. The highest BCUT2D eigenvalue weighted by Gasteiger charge is 2.35. The minimum absolute atomic E-state index is 0.0178. The molecule has 3 saturated heterocycles. The molecule has 33 heavy (non-hydrogen) atoms. The number of piperazine rings is 1. The van der Waals surface area contributed by atoms with Crippen LogP contribution in [0, 0.1) is 18.3 Å². The molecule has 4 heterocycles. The number of carbonyl (C=O) groups excluding carboxylic acids is 1. The highest BCUT2D eigenvalue weighted by atomic mass is 32.2. The number of thiocarbonyl (C=S) groups is 1. The number of carbonyl (C=O) groups is 1. The molecule has 176 valence electrons. The molecule has 0 aliphatic carbocycles. The van der Waals surface area contributed by atoms with Gasteiger partial charge in [-0.15, -0.1) is 0 Å². The first-order chi connectivity index (χ1) is 15.8. The first-order valence-electron chi connectivity index (χ1n) is 11.4. The molecule has 8 nitrogen and oxygen atoms in total. The Bertz CT molecular complexity index is 1090. The van der Waals surface area contributed by atoms with Crippen LogP contribution in [0.15, 0.2) is 9.70 Å². The van der Waals surface area contributed by atoms with E-state index in [0.717, 1.165) is 63.6 Å². The van der Waals surface area contributed by atoms with Gasteiger partial charge in [0.05, 0.1) is 50.3 Å². The molecule has 1 aromatic heterocycles. The van der Waals surface area contributed by atoms with Crippen molar-refractivity contribution < 1.29 is 14.4 Å². The summed E-state index contributed by atoms with van der Waals surface area (Å²) < 4.78 is 7.77. The molecular formula is C23H30N5O3S2+. The van der Waals surface area contributed by atoms with Gasteiger partial charge in [-0.25, -0.2) is 0 Å². The predicted octanol–water partition coefficient (Wildman–Crippen LogP) is 0.670. The number of nitrogens with one attached hydrogen (secondary N) is 1. The summed E-state index contributed by atoms with van der Waals surface area (Å²) in [5.74, 6) is 0.620. The van der Waals surface area contributed by atoms with E-state index >= 15 is 0 Å². The largest absolute Gasteiger partial charge is 0.376 e. The lowest BCUT2D eigenvalue weighted by atomic mass is 10.0. The fraction of sp³-hybridized carbons (Fsp3) is 0.565. The number of rotatable bonds is 5. The van der Waals surface area contributed by atoms with Gasteiger partial charge in [0.25, 0.3) is 11.5 Å². The van der Waals surface area contributed by atoms with Gasteiger partial charge in [0, 0.05) is 19.2 Å². The zero-order valence-corrected chi connectivity index (χ0v) is 21.0. The standard InChI is InChI=1S/C23H29N5O3S2/c1-4-26-7-9-27(10-8-26)20-17(15(2)18(13-24)21(29)25(20)3)12-19-22(30)28(23(32)33-19)14-16-6-5-11-31-16/h12,16H,4-11,14H2,1-3H3/p+1/b19-12-/t16-/m0/s1. The Labute approximate surface area is 203 Å². The van der Waals surface area contributed by atoms with Crippen LogP contribution in [-0.2, 0) is 16.6 Å². The van der Waals surface area contributed by atoms with Crippen molar-refractivity contribution in [2.45, 2.75) is 32.8 Å². The van der Waals surface area contributed by atoms with Crippen LogP contribution in [0.25, 0.3) is 6.08 Å². The number of quaternary nitrogens is 1. The van der Waals surface area contributed by atoms with Crippen LogP contribution in [-0.4, -0.2) is 71.7 Å². The van der Waals surface area contributed by atoms with E-state index in [2.05, 4.69) is 17.9 Å². The van der Waals surface area contributed by atoms with Crippen molar-refractivity contribution >= 4 is 46.1 Å². The van der Waals surface area contributed by atoms with Gasteiger partial charge in [0.2, 0.25) is 0 Å². The minimum atomic E-state index is -0.307. The monoisotopic (exact) mass is 488 g/mol. The average molecular weight is 489 g/mol. The molecule has 3 aliphatic heterocycles. The molecular weight excluding hydrogens is 458 g/mol. The van der Waals surface area contributed by atoms with Gasteiger partial charge in [0.15, 0.2) is 0 Å². The zero-order valence-electron chi connectivity index (χ0n) is 19.3. The number of likely N-dealkylation sites (N-methyl/N-ethyl adjacent to an activating group) is 1. The third-order valence-corrected chi connectivity index (χ3v) is 8.18. The molecule has 1 amide bonds. The topological polar surface area (TPSA) is 83.0 Å². The van der Waals surface area contributed by atoms with E-state index < -0.39 is 0 Å². The number of nitrogens with zero attached hydrogens (tertiary/aromatic N) is 4. The van der Waals surface area contributed by atoms with Crippen molar-refractivity contribution in [3.63, 3.8) is 0 Å². The Morgan fingerprint density at radius 3 is 2.67 bits per heavy atom. The Kier molecular flexibility index (Phi) is 7.24. The minimum Gasteiger partial charge on any atom is -0.376 e. The molecule has 0 spiro atoms. The van der Waals surface area contributed by atoms with Crippen LogP contribution in [0.5, 0.6) is 0 Å². The Hall–Kier alpha value is -2.19. The van der Waals surface area contributed by atoms with Crippen LogP contribution < -0.4 is 15.4 Å². The molecule has 0 aromatic carbocycles. The first-order valence-corrected chi connectivity index (χ1v) is 12.7. The number of ether oxygens (including phenoxy) is 1. The predicted molar refractivity (Wildman–Crippen MR) is 133 cm³/mol. The number of pyridine rings is 1. The summed E-state index contributed by atoms with van der Waals surface area (Å²) in [6.07, 6.45) is 3.76. The van der Waals surface area contributed by atoms with Crippen molar-refractivity contribution in [2.24, 2.45) is 7.05 Å². The second-order valence-corrected chi connectivity index (χ2v) is 10.4. The maximum absolute atomic E-state index is 13.2. The lowest BCUT2D eigenvalue weighted by Crippen LogP contribution is -3.14. The van der Waals surface area contributed by atoms with Crippen LogP contribution in [0.2, 0.25) is 0 Å². The van der Waals surface area contributed by atoms with Crippen molar-refractivity contribution in [2.75, 3.05) is 50.8 Å². The van der Waals surface area contributed by atoms with Crippen LogP contribution >= 0.6 is 24.0 Å². The SMILES string of the molecule is CC[NH+]1CCN(c2c(/C=C3\SC(=S)N(C[C@@H]4CCCO4)C3=O)c(C)c(C#N)c(=O)n2C)CC1. The van der Waals surface area contributed by atoms with Gasteiger partial charge in [-0.1, -0.05) is 24.0 Å².